The molecule has 0 unspecified atom stereocenters. The van der Waals surface area contributed by atoms with Gasteiger partial charge >= 0.3 is 0 Å². The van der Waals surface area contributed by atoms with E-state index in [4.69, 9.17) is 9.72 Å². The zero-order valence-corrected chi connectivity index (χ0v) is 18.2. The smallest absolute Gasteiger partial charge is 0.269 e. The number of nitrogens with zero attached hydrogens (tertiary/aromatic N) is 1. The van der Waals surface area contributed by atoms with E-state index in [0.717, 1.165) is 58.9 Å². The van der Waals surface area contributed by atoms with Crippen LogP contribution in [0, 0.1) is 6.92 Å². The van der Waals surface area contributed by atoms with Gasteiger partial charge in [-0.05, 0) is 31.9 Å². The third-order valence-electron chi connectivity index (χ3n) is 5.45. The van der Waals surface area contributed by atoms with Gasteiger partial charge in [0.2, 0.25) is 0 Å². The Hall–Kier alpha value is -3.18. The molecule has 2 aromatic carbocycles. The fourth-order valence-electron chi connectivity index (χ4n) is 3.70. The van der Waals surface area contributed by atoms with Crippen molar-refractivity contribution in [3.05, 3.63) is 65.9 Å². The standard InChI is InChI=1S/C26H29N3O2/c1-3-4-15-31-16-7-14-27-26(30)23-17-21-20-8-5-6-9-22(20)28-25(21)24(29-23)19-12-10-18(2)11-13-19/h5-6,8-13,17,28H,3-4,7,14-16H2,1-2H3,(H,27,30). The molecule has 0 saturated carbocycles. The van der Waals surface area contributed by atoms with Crippen LogP contribution in [0.25, 0.3) is 33.1 Å². The van der Waals surface area contributed by atoms with Crippen LogP contribution < -0.4 is 5.32 Å². The molecular weight excluding hydrogens is 386 g/mol. The first kappa shape index (κ1) is 21.1. The van der Waals surface area contributed by atoms with Crippen LogP contribution in [-0.4, -0.2) is 35.6 Å². The first-order valence-corrected chi connectivity index (χ1v) is 11.0. The van der Waals surface area contributed by atoms with Crippen molar-refractivity contribution >= 4 is 27.7 Å². The van der Waals surface area contributed by atoms with Crippen LogP contribution in [-0.2, 0) is 4.74 Å². The number of fused-ring (bicyclic) bond motifs is 3. The molecule has 2 aromatic heterocycles. The summed E-state index contributed by atoms with van der Waals surface area (Å²) in [5.41, 5.74) is 5.38. The van der Waals surface area contributed by atoms with Crippen molar-refractivity contribution in [2.75, 3.05) is 19.8 Å². The highest BCUT2D eigenvalue weighted by Crippen LogP contribution is 2.32. The average molecular weight is 416 g/mol. The molecule has 0 atom stereocenters. The molecule has 4 rings (SSSR count). The molecule has 0 aliphatic rings. The Morgan fingerprint density at radius 2 is 1.81 bits per heavy atom. The van der Waals surface area contributed by atoms with Gasteiger partial charge < -0.3 is 15.0 Å². The van der Waals surface area contributed by atoms with Crippen LogP contribution in [0.5, 0.6) is 0 Å². The van der Waals surface area contributed by atoms with Crippen LogP contribution in [0.3, 0.4) is 0 Å². The van der Waals surface area contributed by atoms with E-state index < -0.39 is 0 Å². The predicted octanol–water partition coefficient (Wildman–Crippen LogP) is 5.63. The van der Waals surface area contributed by atoms with Crippen molar-refractivity contribution < 1.29 is 9.53 Å². The molecule has 0 spiro atoms. The van der Waals surface area contributed by atoms with Crippen molar-refractivity contribution in [1.82, 2.24) is 15.3 Å². The van der Waals surface area contributed by atoms with Gasteiger partial charge in [0.25, 0.3) is 5.91 Å². The molecule has 0 radical (unpaired) electrons. The summed E-state index contributed by atoms with van der Waals surface area (Å²) in [6, 6.07) is 18.3. The normalized spacial score (nSPS) is 11.3. The summed E-state index contributed by atoms with van der Waals surface area (Å²) in [6.45, 7) is 6.21. The molecule has 1 amide bonds. The number of rotatable bonds is 9. The number of aromatic amines is 1. The number of amides is 1. The maximum Gasteiger partial charge on any atom is 0.269 e. The number of para-hydroxylation sites is 1. The van der Waals surface area contributed by atoms with Gasteiger partial charge in [0.05, 0.1) is 11.2 Å². The van der Waals surface area contributed by atoms with Crippen LogP contribution in [0.2, 0.25) is 0 Å². The van der Waals surface area contributed by atoms with E-state index in [9.17, 15) is 4.79 Å². The summed E-state index contributed by atoms with van der Waals surface area (Å²) in [4.78, 5) is 21.1. The van der Waals surface area contributed by atoms with Gasteiger partial charge in [-0.25, -0.2) is 4.98 Å². The van der Waals surface area contributed by atoms with E-state index in [2.05, 4.69) is 54.5 Å². The molecule has 5 heteroatoms. The third-order valence-corrected chi connectivity index (χ3v) is 5.45. The Labute approximate surface area is 182 Å². The highest BCUT2D eigenvalue weighted by Gasteiger charge is 2.16. The lowest BCUT2D eigenvalue weighted by atomic mass is 10.1. The van der Waals surface area contributed by atoms with Crippen LogP contribution >= 0.6 is 0 Å². The highest BCUT2D eigenvalue weighted by atomic mass is 16.5. The zero-order chi connectivity index (χ0) is 21.6. The van der Waals surface area contributed by atoms with Gasteiger partial charge in [-0.3, -0.25) is 4.79 Å². The summed E-state index contributed by atoms with van der Waals surface area (Å²) in [6.07, 6.45) is 2.99. The second kappa shape index (κ2) is 9.75. The molecule has 5 nitrogen and oxygen atoms in total. The summed E-state index contributed by atoms with van der Waals surface area (Å²) >= 11 is 0. The number of unbranched alkanes of at least 4 members (excludes halogenated alkanes) is 1. The minimum absolute atomic E-state index is 0.158. The minimum atomic E-state index is -0.158. The van der Waals surface area contributed by atoms with Crippen molar-refractivity contribution in [2.24, 2.45) is 0 Å². The van der Waals surface area contributed by atoms with Crippen molar-refractivity contribution in [3.63, 3.8) is 0 Å². The van der Waals surface area contributed by atoms with Crippen LogP contribution in [0.1, 0.15) is 42.2 Å². The lowest BCUT2D eigenvalue weighted by Gasteiger charge is -2.09. The fourth-order valence-corrected chi connectivity index (χ4v) is 3.70. The highest BCUT2D eigenvalue weighted by molar-refractivity contribution is 6.13. The molecule has 160 valence electrons. The maximum absolute atomic E-state index is 12.9. The van der Waals surface area contributed by atoms with Gasteiger partial charge in [-0.15, -0.1) is 0 Å². The Balaban J connectivity index is 1.62. The van der Waals surface area contributed by atoms with Crippen LogP contribution in [0.4, 0.5) is 0 Å². The first-order valence-electron chi connectivity index (χ1n) is 11.0. The molecular formula is C26H29N3O2. The van der Waals surface area contributed by atoms with E-state index in [-0.39, 0.29) is 5.91 Å². The van der Waals surface area contributed by atoms with E-state index >= 15 is 0 Å². The van der Waals surface area contributed by atoms with Crippen molar-refractivity contribution in [1.29, 1.82) is 0 Å². The molecule has 0 aliphatic carbocycles. The molecule has 0 saturated heterocycles. The monoisotopic (exact) mass is 415 g/mol. The number of pyridine rings is 1. The lowest BCUT2D eigenvalue weighted by Crippen LogP contribution is -2.26. The quantitative estimate of drug-likeness (QED) is 0.348. The average Bonchev–Trinajstić information content (AvgIpc) is 3.17. The summed E-state index contributed by atoms with van der Waals surface area (Å²) in [7, 11) is 0. The molecule has 2 heterocycles. The van der Waals surface area contributed by atoms with Gasteiger partial charge in [0.15, 0.2) is 0 Å². The van der Waals surface area contributed by atoms with E-state index in [1.165, 1.54) is 5.56 Å². The lowest BCUT2D eigenvalue weighted by molar-refractivity contribution is 0.0936. The summed E-state index contributed by atoms with van der Waals surface area (Å²) in [5.74, 6) is -0.158. The molecule has 31 heavy (non-hydrogen) atoms. The van der Waals surface area contributed by atoms with E-state index in [1.807, 2.05) is 24.3 Å². The Morgan fingerprint density at radius 1 is 1.03 bits per heavy atom. The number of hydrogen-bond acceptors (Lipinski definition) is 3. The number of carbonyl (C=O) groups is 1. The Kier molecular flexibility index (Phi) is 6.63. The number of nitrogens with one attached hydrogen (secondary N) is 2. The molecule has 2 N–H and O–H groups in total. The number of carbonyl (C=O) groups excluding carboxylic acids is 1. The van der Waals surface area contributed by atoms with E-state index in [1.54, 1.807) is 0 Å². The van der Waals surface area contributed by atoms with Gasteiger partial charge in [0, 0.05) is 41.6 Å². The third kappa shape index (κ3) is 4.78. The molecule has 0 fully saturated rings. The van der Waals surface area contributed by atoms with Gasteiger partial charge in [-0.1, -0.05) is 61.4 Å². The second-order valence-electron chi connectivity index (χ2n) is 7.89. The zero-order valence-electron chi connectivity index (χ0n) is 18.2. The van der Waals surface area contributed by atoms with E-state index in [0.29, 0.717) is 18.8 Å². The van der Waals surface area contributed by atoms with Gasteiger partial charge in [-0.2, -0.15) is 0 Å². The molecule has 0 aliphatic heterocycles. The number of ether oxygens (including phenoxy) is 1. The van der Waals surface area contributed by atoms with Crippen LogP contribution in [0.15, 0.2) is 54.6 Å². The van der Waals surface area contributed by atoms with Crippen molar-refractivity contribution in [3.8, 4) is 11.3 Å². The number of aromatic nitrogens is 2. The Bertz CT molecular complexity index is 1180. The minimum Gasteiger partial charge on any atom is -0.381 e. The fraction of sp³-hybridized carbons (Fsp3) is 0.308. The maximum atomic E-state index is 12.9. The number of H-pyrrole nitrogens is 1. The van der Waals surface area contributed by atoms with Gasteiger partial charge in [0.1, 0.15) is 5.69 Å². The first-order chi connectivity index (χ1) is 15.2. The summed E-state index contributed by atoms with van der Waals surface area (Å²) < 4.78 is 5.57. The number of benzene rings is 2. The SMILES string of the molecule is CCCCOCCCNC(=O)c1cc2c([nH]c3ccccc32)c(-c2ccc(C)cc2)n1. The Morgan fingerprint density at radius 3 is 2.61 bits per heavy atom. The number of aryl methyl sites for hydroxylation is 1. The molecule has 4 aromatic rings. The largest absolute Gasteiger partial charge is 0.381 e. The predicted molar refractivity (Wildman–Crippen MR) is 126 cm³/mol. The van der Waals surface area contributed by atoms with Crippen molar-refractivity contribution in [2.45, 2.75) is 33.1 Å². The summed E-state index contributed by atoms with van der Waals surface area (Å²) in [5, 5.41) is 5.09. The number of hydrogen-bond donors (Lipinski definition) is 2. The topological polar surface area (TPSA) is 67.0 Å². The second-order valence-corrected chi connectivity index (χ2v) is 7.89. The molecule has 0 bridgehead atoms.